The van der Waals surface area contributed by atoms with Gasteiger partial charge in [-0.15, -0.1) is 0 Å². The third-order valence-corrected chi connectivity index (χ3v) is 15.1. The fourth-order valence-electron chi connectivity index (χ4n) is 9.00. The Morgan fingerprint density at radius 2 is 0.571 bits per heavy atom. The maximum absolute atomic E-state index is 12.8. The third-order valence-electron chi connectivity index (χ3n) is 14.2. The van der Waals surface area contributed by atoms with Crippen LogP contribution in [-0.2, 0) is 32.7 Å². The summed E-state index contributed by atoms with van der Waals surface area (Å²) in [5.41, 5.74) is 5.40. The lowest BCUT2D eigenvalue weighted by Gasteiger charge is -2.19. The molecule has 2 unspecified atom stereocenters. The van der Waals surface area contributed by atoms with Crippen LogP contribution < -0.4 is 5.73 Å². The summed E-state index contributed by atoms with van der Waals surface area (Å²) in [7, 11) is -4.41. The number of nitrogens with two attached hydrogens (primary N) is 1. The molecule has 0 saturated carbocycles. The quantitative estimate of drug-likeness (QED) is 0.0264. The molecule has 10 heteroatoms. The fraction of sp³-hybridized carbons (Fsp3) is 0.556. The number of rotatable bonds is 64. The molecule has 0 radical (unpaired) electrons. The summed E-state index contributed by atoms with van der Waals surface area (Å²) >= 11 is 0. The van der Waals surface area contributed by atoms with Gasteiger partial charge in [0.05, 0.1) is 13.2 Å². The van der Waals surface area contributed by atoms with Gasteiger partial charge in [-0.3, -0.25) is 18.6 Å². The van der Waals surface area contributed by atoms with E-state index < -0.39 is 32.5 Å². The number of ether oxygens (including phenoxy) is 2. The number of phosphoric ester groups is 1. The van der Waals surface area contributed by atoms with Crippen molar-refractivity contribution in [3.05, 3.63) is 207 Å². The standard InChI is InChI=1S/C81H128NO8P/c1-3-5-7-9-11-13-15-17-19-21-23-25-27-29-31-33-35-37-38-39-40-42-44-46-48-50-52-54-56-58-60-62-64-66-68-70-72-74-81(84)90-79(78-89-91(85,86)88-76-75-82)77-87-80(83)73-71-69-67-65-63-61-59-57-55-53-51-49-47-45-43-41-36-34-32-30-28-26-24-22-20-18-16-14-12-10-8-6-4-2/h5-8,11-14,17-20,23-26,29-32,35-37,39-41,44-47,50-53,79H,3-4,9-10,15-16,21-22,27-28,33-34,38,42-43,48-49,54-78,82H2,1-2H3,(H,85,86)/b7-5-,8-6-,13-11-,14-12-,19-17-,20-18-,25-23-,26-24-,31-29-,32-30-,37-35-,40-39-,41-36-,46-44-,47-45-,52-50-,53-51-. The van der Waals surface area contributed by atoms with Crippen LogP contribution in [0.2, 0.25) is 0 Å². The first-order valence-corrected chi connectivity index (χ1v) is 37.1. The third kappa shape index (κ3) is 73.5. The zero-order chi connectivity index (χ0) is 65.8. The summed E-state index contributed by atoms with van der Waals surface area (Å²) < 4.78 is 33.2. The molecule has 0 aromatic carbocycles. The zero-order valence-electron chi connectivity index (χ0n) is 57.2. The second-order valence-corrected chi connectivity index (χ2v) is 24.1. The molecule has 0 bridgehead atoms. The number of allylic oxidation sites excluding steroid dienone is 34. The molecule has 0 fully saturated rings. The predicted octanol–water partition coefficient (Wildman–Crippen LogP) is 23.9. The van der Waals surface area contributed by atoms with Crippen LogP contribution in [0.5, 0.6) is 0 Å². The van der Waals surface area contributed by atoms with Crippen molar-refractivity contribution in [2.24, 2.45) is 5.73 Å². The summed E-state index contributed by atoms with van der Waals surface area (Å²) in [4.78, 5) is 35.4. The number of esters is 2. The lowest BCUT2D eigenvalue weighted by Crippen LogP contribution is -2.29. The lowest BCUT2D eigenvalue weighted by molar-refractivity contribution is -0.161. The van der Waals surface area contributed by atoms with Crippen molar-refractivity contribution in [1.29, 1.82) is 0 Å². The Balaban J connectivity index is 4.01. The first-order chi connectivity index (χ1) is 44.8. The van der Waals surface area contributed by atoms with E-state index in [4.69, 9.17) is 24.3 Å². The van der Waals surface area contributed by atoms with Crippen LogP contribution in [0.25, 0.3) is 0 Å². The minimum atomic E-state index is -4.41. The summed E-state index contributed by atoms with van der Waals surface area (Å²) in [5.74, 6) is -0.858. The molecule has 0 aromatic rings. The molecule has 0 spiro atoms. The molecule has 9 nitrogen and oxygen atoms in total. The first kappa shape index (κ1) is 85.6. The zero-order valence-corrected chi connectivity index (χ0v) is 58.1. The van der Waals surface area contributed by atoms with E-state index in [0.717, 1.165) is 161 Å². The Morgan fingerprint density at radius 1 is 0.330 bits per heavy atom. The minimum Gasteiger partial charge on any atom is -0.462 e. The normalized spacial score (nSPS) is 14.2. The van der Waals surface area contributed by atoms with Crippen LogP contribution in [0.1, 0.15) is 258 Å². The minimum absolute atomic E-state index is 0.0404. The van der Waals surface area contributed by atoms with Gasteiger partial charge in [-0.05, 0) is 148 Å². The molecule has 0 aliphatic carbocycles. The van der Waals surface area contributed by atoms with Crippen molar-refractivity contribution in [2.45, 2.75) is 264 Å². The predicted molar refractivity (Wildman–Crippen MR) is 394 cm³/mol. The van der Waals surface area contributed by atoms with E-state index in [2.05, 4.69) is 220 Å². The van der Waals surface area contributed by atoms with Gasteiger partial charge in [0.2, 0.25) is 0 Å². The number of carbonyl (C=O) groups is 2. The van der Waals surface area contributed by atoms with Crippen LogP contribution in [0.4, 0.5) is 0 Å². The number of carbonyl (C=O) groups excluding carboxylic acids is 2. The van der Waals surface area contributed by atoms with Crippen molar-refractivity contribution >= 4 is 19.8 Å². The largest absolute Gasteiger partial charge is 0.472 e. The molecule has 2 atom stereocenters. The molecule has 0 aliphatic heterocycles. The van der Waals surface area contributed by atoms with Gasteiger partial charge in [0.1, 0.15) is 6.61 Å². The van der Waals surface area contributed by atoms with Crippen molar-refractivity contribution in [3.63, 3.8) is 0 Å². The Morgan fingerprint density at radius 3 is 0.846 bits per heavy atom. The average molecular weight is 1270 g/mol. The molecule has 510 valence electrons. The maximum atomic E-state index is 12.8. The van der Waals surface area contributed by atoms with Crippen molar-refractivity contribution in [3.8, 4) is 0 Å². The van der Waals surface area contributed by atoms with E-state index in [1.807, 2.05) is 0 Å². The Kier molecular flexibility index (Phi) is 69.3. The Hall–Kier alpha value is -5.41. The molecule has 0 heterocycles. The van der Waals surface area contributed by atoms with Crippen LogP contribution in [0, 0.1) is 0 Å². The van der Waals surface area contributed by atoms with E-state index in [0.29, 0.717) is 12.8 Å². The molecule has 0 aliphatic rings. The van der Waals surface area contributed by atoms with Gasteiger partial charge in [-0.1, -0.05) is 304 Å². The molecular weight excluding hydrogens is 1150 g/mol. The molecule has 0 saturated heterocycles. The van der Waals surface area contributed by atoms with Gasteiger partial charge < -0.3 is 20.1 Å². The lowest BCUT2D eigenvalue weighted by atomic mass is 10.1. The van der Waals surface area contributed by atoms with Crippen LogP contribution >= 0.6 is 7.82 Å². The van der Waals surface area contributed by atoms with Gasteiger partial charge >= 0.3 is 19.8 Å². The molecule has 0 rings (SSSR count). The molecular formula is C81H128NO8P. The SMILES string of the molecule is CC/C=C\C/C=C\C/C=C\C/C=C\C/C=C\C/C=C\C/C=C\C/C=C\C/C=C\CCCCCCCCCCCC(=O)OC(COC(=O)CCCCCCCCCC/C=C\C/C=C\C/C=C\C/C=C\C/C=C\C/C=C\C/C=C\C/C=C\CC)COP(=O)(O)OCCN. The average Bonchev–Trinajstić information content (AvgIpc) is 3.74. The van der Waals surface area contributed by atoms with Crippen LogP contribution in [-0.4, -0.2) is 49.3 Å². The summed E-state index contributed by atoms with van der Waals surface area (Å²) in [6.45, 7) is 3.48. The first-order valence-electron chi connectivity index (χ1n) is 35.6. The summed E-state index contributed by atoms with van der Waals surface area (Å²) in [6.07, 6.45) is 113. The van der Waals surface area contributed by atoms with Gasteiger partial charge in [-0.25, -0.2) is 4.57 Å². The van der Waals surface area contributed by atoms with Crippen LogP contribution in [0.15, 0.2) is 207 Å². The summed E-state index contributed by atoms with van der Waals surface area (Å²) in [6, 6.07) is 0. The Bertz CT molecular complexity index is 2250. The van der Waals surface area contributed by atoms with Crippen molar-refractivity contribution < 1.29 is 37.6 Å². The second kappa shape index (κ2) is 73.6. The van der Waals surface area contributed by atoms with E-state index >= 15 is 0 Å². The van der Waals surface area contributed by atoms with E-state index in [-0.39, 0.29) is 32.6 Å². The van der Waals surface area contributed by atoms with Gasteiger partial charge in [-0.2, -0.15) is 0 Å². The number of phosphoric acid groups is 1. The molecule has 3 N–H and O–H groups in total. The monoisotopic (exact) mass is 1270 g/mol. The molecule has 91 heavy (non-hydrogen) atoms. The topological polar surface area (TPSA) is 134 Å². The highest BCUT2D eigenvalue weighted by Gasteiger charge is 2.26. The van der Waals surface area contributed by atoms with Crippen molar-refractivity contribution in [1.82, 2.24) is 0 Å². The smallest absolute Gasteiger partial charge is 0.462 e. The van der Waals surface area contributed by atoms with Gasteiger partial charge in [0.15, 0.2) is 6.10 Å². The van der Waals surface area contributed by atoms with E-state index in [1.165, 1.54) is 57.8 Å². The highest BCUT2D eigenvalue weighted by Crippen LogP contribution is 2.43. The fourth-order valence-corrected chi connectivity index (χ4v) is 9.76. The maximum Gasteiger partial charge on any atom is 0.472 e. The molecule has 0 amide bonds. The Labute approximate surface area is 557 Å². The second-order valence-electron chi connectivity index (χ2n) is 22.6. The molecule has 0 aromatic heterocycles. The number of unbranched alkanes of at least 4 members (excludes halogenated alkanes) is 17. The number of hydrogen-bond acceptors (Lipinski definition) is 8. The highest BCUT2D eigenvalue weighted by molar-refractivity contribution is 7.47. The van der Waals surface area contributed by atoms with E-state index in [9.17, 15) is 19.0 Å². The van der Waals surface area contributed by atoms with E-state index in [1.54, 1.807) is 0 Å². The van der Waals surface area contributed by atoms with Gasteiger partial charge in [0, 0.05) is 19.4 Å². The van der Waals surface area contributed by atoms with Gasteiger partial charge in [0.25, 0.3) is 0 Å². The van der Waals surface area contributed by atoms with Crippen molar-refractivity contribution in [2.75, 3.05) is 26.4 Å². The van der Waals surface area contributed by atoms with Crippen LogP contribution in [0.3, 0.4) is 0 Å². The summed E-state index contributed by atoms with van der Waals surface area (Å²) in [5, 5.41) is 0. The number of hydrogen-bond donors (Lipinski definition) is 2. The highest BCUT2D eigenvalue weighted by atomic mass is 31.2.